The molecule has 21 heavy (non-hydrogen) atoms. The van der Waals surface area contributed by atoms with Crippen LogP contribution in [0.4, 0.5) is 13.2 Å². The number of hydrogen-bond donors (Lipinski definition) is 1. The van der Waals surface area contributed by atoms with Crippen LogP contribution in [0.1, 0.15) is 24.4 Å². The van der Waals surface area contributed by atoms with Gasteiger partial charge in [0.05, 0.1) is 6.61 Å². The molecule has 2 N–H and O–H groups in total. The van der Waals surface area contributed by atoms with Crippen LogP contribution in [0.15, 0.2) is 12.1 Å². The summed E-state index contributed by atoms with van der Waals surface area (Å²) in [4.78, 5) is 1.88. The van der Waals surface area contributed by atoms with E-state index in [0.29, 0.717) is 25.1 Å². The summed E-state index contributed by atoms with van der Waals surface area (Å²) in [7, 11) is 1.81. The van der Waals surface area contributed by atoms with E-state index in [9.17, 15) is 13.2 Å². The first-order valence-electron chi connectivity index (χ1n) is 7.15. The molecule has 0 amide bonds. The van der Waals surface area contributed by atoms with Crippen molar-refractivity contribution in [2.24, 2.45) is 11.7 Å². The van der Waals surface area contributed by atoms with Crippen LogP contribution in [0.2, 0.25) is 0 Å². The van der Waals surface area contributed by atoms with Gasteiger partial charge in [0, 0.05) is 37.4 Å². The largest absolute Gasteiger partial charge is 0.381 e. The van der Waals surface area contributed by atoms with Crippen molar-refractivity contribution in [1.29, 1.82) is 0 Å². The second-order valence-corrected chi connectivity index (χ2v) is 5.56. The molecule has 118 valence electrons. The highest BCUT2D eigenvalue weighted by Crippen LogP contribution is 2.26. The fourth-order valence-electron chi connectivity index (χ4n) is 2.82. The maximum absolute atomic E-state index is 13.9. The molecular weight excluding hydrogens is 281 g/mol. The summed E-state index contributed by atoms with van der Waals surface area (Å²) in [5.41, 5.74) is 5.81. The summed E-state index contributed by atoms with van der Waals surface area (Å²) in [6, 6.07) is 0.989. The number of hydrogen-bond acceptors (Lipinski definition) is 3. The standard InChI is InChI=1S/C15H21F3N2O/c1-20(8-10-3-2-4-21-9-10)15(7-19)11-5-13(17)14(18)6-12(11)16/h5-6,10,15H,2-4,7-9,19H2,1H3. The van der Waals surface area contributed by atoms with Crippen molar-refractivity contribution in [2.45, 2.75) is 18.9 Å². The Kier molecular flexibility index (Phi) is 5.61. The molecule has 3 nitrogen and oxygen atoms in total. The van der Waals surface area contributed by atoms with E-state index in [1.807, 2.05) is 11.9 Å². The SMILES string of the molecule is CN(CC1CCCOC1)C(CN)c1cc(F)c(F)cc1F. The highest BCUT2D eigenvalue weighted by atomic mass is 19.2. The van der Waals surface area contributed by atoms with Crippen LogP contribution in [0.3, 0.4) is 0 Å². The predicted molar refractivity (Wildman–Crippen MR) is 74.3 cm³/mol. The van der Waals surface area contributed by atoms with Crippen LogP contribution < -0.4 is 5.73 Å². The van der Waals surface area contributed by atoms with Gasteiger partial charge in [-0.1, -0.05) is 0 Å². The fourth-order valence-corrected chi connectivity index (χ4v) is 2.82. The van der Waals surface area contributed by atoms with Gasteiger partial charge in [0.25, 0.3) is 0 Å². The van der Waals surface area contributed by atoms with Gasteiger partial charge in [0.1, 0.15) is 5.82 Å². The third-order valence-electron chi connectivity index (χ3n) is 3.95. The van der Waals surface area contributed by atoms with Crippen LogP contribution >= 0.6 is 0 Å². The monoisotopic (exact) mass is 302 g/mol. The van der Waals surface area contributed by atoms with E-state index in [2.05, 4.69) is 0 Å². The molecule has 1 fully saturated rings. The van der Waals surface area contributed by atoms with Crippen molar-refractivity contribution in [2.75, 3.05) is 33.4 Å². The van der Waals surface area contributed by atoms with Crippen LogP contribution in [0.5, 0.6) is 0 Å². The van der Waals surface area contributed by atoms with E-state index >= 15 is 0 Å². The zero-order chi connectivity index (χ0) is 15.4. The van der Waals surface area contributed by atoms with Crippen LogP contribution in [-0.4, -0.2) is 38.3 Å². The predicted octanol–water partition coefficient (Wildman–Crippen LogP) is 2.46. The first kappa shape index (κ1) is 16.3. The molecule has 1 heterocycles. The lowest BCUT2D eigenvalue weighted by atomic mass is 9.99. The van der Waals surface area contributed by atoms with Crippen LogP contribution in [0, 0.1) is 23.4 Å². The zero-order valence-electron chi connectivity index (χ0n) is 12.1. The molecule has 1 aromatic rings. The van der Waals surface area contributed by atoms with Gasteiger partial charge in [0.2, 0.25) is 0 Å². The van der Waals surface area contributed by atoms with Crippen molar-refractivity contribution in [3.63, 3.8) is 0 Å². The van der Waals surface area contributed by atoms with Crippen LogP contribution in [-0.2, 0) is 4.74 Å². The Morgan fingerprint density at radius 1 is 1.29 bits per heavy atom. The van der Waals surface area contributed by atoms with E-state index in [0.717, 1.165) is 25.5 Å². The Bertz CT molecular complexity index is 478. The van der Waals surface area contributed by atoms with E-state index in [1.165, 1.54) is 0 Å². The van der Waals surface area contributed by atoms with Gasteiger partial charge >= 0.3 is 0 Å². The molecule has 2 unspecified atom stereocenters. The molecule has 1 aromatic carbocycles. The molecular formula is C15H21F3N2O. The normalized spacial score (nSPS) is 20.8. The van der Waals surface area contributed by atoms with Gasteiger partial charge < -0.3 is 10.5 Å². The summed E-state index contributed by atoms with van der Waals surface area (Å²) >= 11 is 0. The summed E-state index contributed by atoms with van der Waals surface area (Å²) < 4.78 is 45.7. The minimum absolute atomic E-state index is 0.0932. The molecule has 0 aromatic heterocycles. The minimum atomic E-state index is -1.18. The first-order valence-corrected chi connectivity index (χ1v) is 7.15. The number of likely N-dealkylation sites (N-methyl/N-ethyl adjacent to an activating group) is 1. The first-order chi connectivity index (χ1) is 10.0. The van der Waals surface area contributed by atoms with Crippen molar-refractivity contribution in [1.82, 2.24) is 4.90 Å². The number of benzene rings is 1. The molecule has 0 bridgehead atoms. The van der Waals surface area contributed by atoms with Crippen LogP contribution in [0.25, 0.3) is 0 Å². The molecule has 0 radical (unpaired) electrons. The topological polar surface area (TPSA) is 38.5 Å². The van der Waals surface area contributed by atoms with Gasteiger partial charge in [-0.2, -0.15) is 0 Å². The molecule has 0 aliphatic carbocycles. The molecule has 2 rings (SSSR count). The average molecular weight is 302 g/mol. The zero-order valence-corrected chi connectivity index (χ0v) is 12.1. The van der Waals surface area contributed by atoms with Gasteiger partial charge in [-0.15, -0.1) is 0 Å². The third-order valence-corrected chi connectivity index (χ3v) is 3.95. The maximum atomic E-state index is 13.9. The summed E-state index contributed by atoms with van der Waals surface area (Å²) in [5, 5.41) is 0. The fraction of sp³-hybridized carbons (Fsp3) is 0.600. The van der Waals surface area contributed by atoms with Crippen molar-refractivity contribution >= 4 is 0 Å². The van der Waals surface area contributed by atoms with Crippen molar-refractivity contribution < 1.29 is 17.9 Å². The van der Waals surface area contributed by atoms with Gasteiger partial charge in [0.15, 0.2) is 11.6 Å². The van der Waals surface area contributed by atoms with Gasteiger partial charge in [-0.25, -0.2) is 13.2 Å². The molecule has 2 atom stereocenters. The quantitative estimate of drug-likeness (QED) is 0.849. The lowest BCUT2D eigenvalue weighted by Gasteiger charge is -2.32. The lowest BCUT2D eigenvalue weighted by molar-refractivity contribution is 0.0363. The maximum Gasteiger partial charge on any atom is 0.161 e. The Morgan fingerprint density at radius 2 is 2.00 bits per heavy atom. The van der Waals surface area contributed by atoms with E-state index < -0.39 is 23.5 Å². The Labute approximate surface area is 122 Å². The molecule has 6 heteroatoms. The molecule has 0 spiro atoms. The molecule has 1 aliphatic rings. The van der Waals surface area contributed by atoms with E-state index in [-0.39, 0.29) is 12.1 Å². The van der Waals surface area contributed by atoms with Gasteiger partial charge in [-0.05, 0) is 31.9 Å². The average Bonchev–Trinajstić information content (AvgIpc) is 2.46. The summed E-state index contributed by atoms with van der Waals surface area (Å²) in [6.07, 6.45) is 2.05. The Balaban J connectivity index is 2.12. The summed E-state index contributed by atoms with van der Waals surface area (Å²) in [6.45, 7) is 2.26. The number of ether oxygens (including phenoxy) is 1. The second-order valence-electron chi connectivity index (χ2n) is 5.56. The van der Waals surface area contributed by atoms with E-state index in [4.69, 9.17) is 10.5 Å². The highest BCUT2D eigenvalue weighted by molar-refractivity contribution is 5.24. The number of nitrogens with two attached hydrogens (primary N) is 1. The number of halogens is 3. The van der Waals surface area contributed by atoms with Crippen molar-refractivity contribution in [3.8, 4) is 0 Å². The van der Waals surface area contributed by atoms with Gasteiger partial charge in [-0.3, -0.25) is 4.90 Å². The summed E-state index contributed by atoms with van der Waals surface area (Å²) in [5.74, 6) is -2.66. The Morgan fingerprint density at radius 3 is 2.62 bits per heavy atom. The highest BCUT2D eigenvalue weighted by Gasteiger charge is 2.24. The molecule has 1 aliphatic heterocycles. The number of nitrogens with zero attached hydrogens (tertiary/aromatic N) is 1. The minimum Gasteiger partial charge on any atom is -0.381 e. The molecule has 0 saturated carbocycles. The Hall–Kier alpha value is -1.11. The smallest absolute Gasteiger partial charge is 0.161 e. The second kappa shape index (κ2) is 7.24. The van der Waals surface area contributed by atoms with E-state index in [1.54, 1.807) is 0 Å². The third kappa shape index (κ3) is 3.96. The molecule has 1 saturated heterocycles. The lowest BCUT2D eigenvalue weighted by Crippen LogP contribution is -2.37. The number of rotatable bonds is 5. The van der Waals surface area contributed by atoms with Crippen molar-refractivity contribution in [3.05, 3.63) is 35.1 Å².